The van der Waals surface area contributed by atoms with Crippen LogP contribution in [0.15, 0.2) is 115 Å². The monoisotopic (exact) mass is 665 g/mol. The van der Waals surface area contributed by atoms with Crippen LogP contribution in [-0.2, 0) is 10.8 Å². The van der Waals surface area contributed by atoms with Gasteiger partial charge < -0.3 is 4.90 Å². The van der Waals surface area contributed by atoms with Crippen LogP contribution in [0, 0.1) is 29.6 Å². The molecule has 3 atom stereocenters. The lowest BCUT2D eigenvalue weighted by Gasteiger charge is -2.57. The Balaban J connectivity index is 0.986. The number of benzene rings is 5. The topological polar surface area (TPSA) is 3.24 Å². The Morgan fingerprint density at radius 3 is 1.82 bits per heavy atom. The fourth-order valence-electron chi connectivity index (χ4n) is 13.1. The van der Waals surface area contributed by atoms with Crippen molar-refractivity contribution < 1.29 is 0 Å². The van der Waals surface area contributed by atoms with E-state index in [9.17, 15) is 0 Å². The predicted molar refractivity (Wildman–Crippen MR) is 212 cm³/mol. The maximum atomic E-state index is 2.54. The zero-order valence-corrected chi connectivity index (χ0v) is 30.5. The summed E-state index contributed by atoms with van der Waals surface area (Å²) in [5.74, 6) is 5.50. The van der Waals surface area contributed by atoms with Gasteiger partial charge in [-0.25, -0.2) is 0 Å². The van der Waals surface area contributed by atoms with E-state index >= 15 is 0 Å². The van der Waals surface area contributed by atoms with Gasteiger partial charge in [-0.15, -0.1) is 0 Å². The second-order valence-electron chi connectivity index (χ2n) is 18.4. The normalized spacial score (nSPS) is 30.4. The van der Waals surface area contributed by atoms with Gasteiger partial charge in [0.2, 0.25) is 0 Å². The van der Waals surface area contributed by atoms with Crippen molar-refractivity contribution in [1.29, 1.82) is 0 Å². The molecular formula is C50H51N. The number of nitrogens with zero attached hydrogens (tertiary/aromatic N) is 1. The Bertz CT molecular complexity index is 2080. The molecule has 6 bridgehead atoms. The van der Waals surface area contributed by atoms with Crippen LogP contribution < -0.4 is 4.90 Å². The molecule has 0 aromatic heterocycles. The van der Waals surface area contributed by atoms with E-state index < -0.39 is 0 Å². The third-order valence-corrected chi connectivity index (χ3v) is 15.1. The van der Waals surface area contributed by atoms with E-state index in [1.807, 2.05) is 0 Å². The molecule has 0 amide bonds. The first-order valence-corrected chi connectivity index (χ1v) is 20.3. The van der Waals surface area contributed by atoms with Gasteiger partial charge in [0.25, 0.3) is 0 Å². The van der Waals surface area contributed by atoms with Crippen molar-refractivity contribution in [3.63, 3.8) is 0 Å². The predicted octanol–water partition coefficient (Wildman–Crippen LogP) is 13.5. The third-order valence-electron chi connectivity index (χ3n) is 15.1. The minimum atomic E-state index is -0.0738. The molecule has 1 nitrogen and oxygen atoms in total. The van der Waals surface area contributed by atoms with Gasteiger partial charge in [0.15, 0.2) is 0 Å². The van der Waals surface area contributed by atoms with Crippen LogP contribution >= 0.6 is 0 Å². The zero-order valence-electron chi connectivity index (χ0n) is 30.5. The van der Waals surface area contributed by atoms with Crippen molar-refractivity contribution in [1.82, 2.24) is 0 Å². The maximum absolute atomic E-state index is 2.54. The summed E-state index contributed by atoms with van der Waals surface area (Å²) in [7, 11) is 0. The van der Waals surface area contributed by atoms with Crippen molar-refractivity contribution in [2.45, 2.75) is 94.8 Å². The molecule has 3 unspecified atom stereocenters. The molecule has 12 rings (SSSR count). The van der Waals surface area contributed by atoms with Gasteiger partial charge in [0.1, 0.15) is 0 Å². The summed E-state index contributed by atoms with van der Waals surface area (Å²) in [4.78, 5) is 2.54. The summed E-state index contributed by atoms with van der Waals surface area (Å²) < 4.78 is 0. The molecule has 0 radical (unpaired) electrons. The van der Waals surface area contributed by atoms with Crippen LogP contribution in [0.1, 0.15) is 106 Å². The van der Waals surface area contributed by atoms with E-state index in [1.165, 1.54) is 115 Å². The Morgan fingerprint density at radius 2 is 1.18 bits per heavy atom. The van der Waals surface area contributed by atoms with Crippen molar-refractivity contribution >= 4 is 17.1 Å². The molecule has 0 aliphatic heterocycles. The molecule has 7 aliphatic carbocycles. The van der Waals surface area contributed by atoms with Crippen molar-refractivity contribution in [3.8, 4) is 22.3 Å². The lowest BCUT2D eigenvalue weighted by molar-refractivity contribution is -0.00518. The van der Waals surface area contributed by atoms with Gasteiger partial charge >= 0.3 is 0 Å². The number of hydrogen-bond acceptors (Lipinski definition) is 1. The van der Waals surface area contributed by atoms with Gasteiger partial charge in [-0.05, 0) is 186 Å². The van der Waals surface area contributed by atoms with Crippen LogP contribution in [0.3, 0.4) is 0 Å². The average molecular weight is 666 g/mol. The van der Waals surface area contributed by atoms with Crippen LogP contribution in [0.5, 0.6) is 0 Å². The second kappa shape index (κ2) is 11.2. The van der Waals surface area contributed by atoms with Crippen molar-refractivity contribution in [2.24, 2.45) is 29.6 Å². The van der Waals surface area contributed by atoms with E-state index in [0.717, 1.165) is 35.5 Å². The van der Waals surface area contributed by atoms with Gasteiger partial charge in [-0.3, -0.25) is 0 Å². The number of rotatable bonds is 6. The van der Waals surface area contributed by atoms with Crippen LogP contribution in [0.4, 0.5) is 17.1 Å². The molecule has 5 aromatic carbocycles. The molecule has 0 N–H and O–H groups in total. The number of anilines is 3. The Kier molecular flexibility index (Phi) is 6.70. The molecule has 0 saturated heterocycles. The summed E-state index contributed by atoms with van der Waals surface area (Å²) >= 11 is 0. The Hall–Kier alpha value is -4.10. The number of hydrogen-bond donors (Lipinski definition) is 0. The molecule has 6 saturated carbocycles. The molecule has 1 heteroatoms. The molecular weight excluding hydrogens is 615 g/mol. The Morgan fingerprint density at radius 1 is 0.510 bits per heavy atom. The zero-order chi connectivity index (χ0) is 33.9. The third kappa shape index (κ3) is 4.79. The maximum Gasteiger partial charge on any atom is 0.0465 e. The van der Waals surface area contributed by atoms with Gasteiger partial charge in [-0.2, -0.15) is 0 Å². The first-order valence-electron chi connectivity index (χ1n) is 20.3. The highest BCUT2D eigenvalue weighted by Gasteiger charge is 2.51. The van der Waals surface area contributed by atoms with E-state index in [4.69, 9.17) is 0 Å². The van der Waals surface area contributed by atoms with E-state index in [-0.39, 0.29) is 5.41 Å². The summed E-state index contributed by atoms with van der Waals surface area (Å²) in [6.07, 6.45) is 14.5. The lowest BCUT2D eigenvalue weighted by Crippen LogP contribution is -2.48. The molecule has 51 heavy (non-hydrogen) atoms. The second-order valence-corrected chi connectivity index (χ2v) is 18.4. The standard InChI is InChI=1S/C50H51N/c1-49(2)47-21-12-38(36-6-4-3-5-7-36)27-46(47)44-20-19-43(28-48(44)49)51(41-15-10-37(11-16-41)45-26-32-8-9-39(45)25-32)42-17-13-40(14-18-42)50-29-33-22-34(30-50)24-35(23-33)31-50/h3-7,10-21,27-28,32-35,39,45H,8-9,22-26,29-31H2,1-2H3. The average Bonchev–Trinajstić information content (AvgIpc) is 3.85. The van der Waals surface area contributed by atoms with Gasteiger partial charge in [-0.1, -0.05) is 93.1 Å². The van der Waals surface area contributed by atoms with Crippen molar-refractivity contribution in [3.05, 3.63) is 138 Å². The van der Waals surface area contributed by atoms with Gasteiger partial charge in [0.05, 0.1) is 0 Å². The fourth-order valence-corrected chi connectivity index (χ4v) is 13.1. The summed E-state index contributed by atoms with van der Waals surface area (Å²) in [5, 5.41) is 0. The Labute approximate surface area is 305 Å². The quantitative estimate of drug-likeness (QED) is 0.174. The lowest BCUT2D eigenvalue weighted by atomic mass is 9.48. The highest BCUT2D eigenvalue weighted by molar-refractivity contribution is 5.87. The molecule has 0 spiro atoms. The van der Waals surface area contributed by atoms with E-state index in [1.54, 1.807) is 11.1 Å². The minimum absolute atomic E-state index is 0.0738. The first kappa shape index (κ1) is 30.5. The van der Waals surface area contributed by atoms with Crippen LogP contribution in [0.2, 0.25) is 0 Å². The summed E-state index contributed by atoms with van der Waals surface area (Å²) in [6, 6.07) is 45.0. The highest BCUT2D eigenvalue weighted by atomic mass is 15.1. The van der Waals surface area contributed by atoms with E-state index in [0.29, 0.717) is 5.41 Å². The molecule has 256 valence electrons. The largest absolute Gasteiger partial charge is 0.310 e. The minimum Gasteiger partial charge on any atom is -0.310 e. The fraction of sp³-hybridized carbons (Fsp3) is 0.400. The number of fused-ring (bicyclic) bond motifs is 5. The highest BCUT2D eigenvalue weighted by Crippen LogP contribution is 2.61. The molecule has 7 aliphatic rings. The smallest absolute Gasteiger partial charge is 0.0465 e. The van der Waals surface area contributed by atoms with Crippen LogP contribution in [0.25, 0.3) is 22.3 Å². The molecule has 5 aromatic rings. The van der Waals surface area contributed by atoms with Crippen LogP contribution in [-0.4, -0.2) is 0 Å². The van der Waals surface area contributed by atoms with Crippen molar-refractivity contribution in [2.75, 3.05) is 4.90 Å². The summed E-state index contributed by atoms with van der Waals surface area (Å²) in [6.45, 7) is 4.83. The molecule has 6 fully saturated rings. The molecule has 0 heterocycles. The van der Waals surface area contributed by atoms with E-state index in [2.05, 4.69) is 134 Å². The SMILES string of the molecule is CC1(C)c2ccc(-c3ccccc3)cc2-c2ccc(N(c3ccc(C4CC5CCC4C5)cc3)c3ccc(C45CC6CC(CC(C6)C4)C5)cc3)cc21. The summed E-state index contributed by atoms with van der Waals surface area (Å²) in [5.41, 5.74) is 15.5. The first-order chi connectivity index (χ1) is 24.9. The van der Waals surface area contributed by atoms with Gasteiger partial charge in [0, 0.05) is 22.5 Å².